The van der Waals surface area contributed by atoms with E-state index < -0.39 is 0 Å². The average Bonchev–Trinajstić information content (AvgIpc) is 2.30. The molecule has 0 aliphatic heterocycles. The molecular weight excluding hydrogens is 200 g/mol. The van der Waals surface area contributed by atoms with E-state index in [2.05, 4.69) is 20.3 Å². The second-order valence-corrected chi connectivity index (χ2v) is 3.48. The van der Waals surface area contributed by atoms with Crippen molar-refractivity contribution in [2.75, 3.05) is 11.9 Å². The summed E-state index contributed by atoms with van der Waals surface area (Å²) in [5, 5.41) is 3.09. The monoisotopic (exact) mass is 214 g/mol. The minimum Gasteiger partial charge on any atom is -0.354 e. The van der Waals surface area contributed by atoms with Gasteiger partial charge in [-0.25, -0.2) is 9.97 Å². The molecule has 4 heteroatoms. The summed E-state index contributed by atoms with van der Waals surface area (Å²) in [4.78, 5) is 12.7. The highest BCUT2D eigenvalue weighted by molar-refractivity contribution is 5.59. The second-order valence-electron chi connectivity index (χ2n) is 3.48. The van der Waals surface area contributed by atoms with Gasteiger partial charge in [0.05, 0.1) is 5.69 Å². The lowest BCUT2D eigenvalue weighted by atomic mass is 10.2. The van der Waals surface area contributed by atoms with Gasteiger partial charge < -0.3 is 5.32 Å². The number of rotatable bonds is 3. The molecule has 16 heavy (non-hydrogen) atoms. The van der Waals surface area contributed by atoms with Crippen molar-refractivity contribution >= 4 is 5.95 Å². The molecule has 0 saturated heterocycles. The Morgan fingerprint density at radius 2 is 2.00 bits per heavy atom. The molecule has 82 valence electrons. The number of hydrogen-bond donors (Lipinski definition) is 1. The lowest BCUT2D eigenvalue weighted by molar-refractivity contribution is 1.08. The SMILES string of the molecule is CCNc1nccc(-c2ccnc(C)c2)n1. The van der Waals surface area contributed by atoms with Crippen molar-refractivity contribution < 1.29 is 0 Å². The Balaban J connectivity index is 2.36. The van der Waals surface area contributed by atoms with E-state index in [-0.39, 0.29) is 0 Å². The minimum atomic E-state index is 0.662. The number of anilines is 1. The first-order valence-corrected chi connectivity index (χ1v) is 5.29. The average molecular weight is 214 g/mol. The Hall–Kier alpha value is -1.97. The lowest BCUT2D eigenvalue weighted by Gasteiger charge is -2.04. The molecule has 4 nitrogen and oxygen atoms in total. The first-order chi connectivity index (χ1) is 7.79. The normalized spacial score (nSPS) is 10.1. The van der Waals surface area contributed by atoms with E-state index in [1.807, 2.05) is 32.0 Å². The molecule has 1 N–H and O–H groups in total. The fourth-order valence-corrected chi connectivity index (χ4v) is 1.47. The van der Waals surface area contributed by atoms with Crippen molar-refractivity contribution in [3.05, 3.63) is 36.3 Å². The first-order valence-electron chi connectivity index (χ1n) is 5.29. The summed E-state index contributed by atoms with van der Waals surface area (Å²) in [6, 6.07) is 5.86. The van der Waals surface area contributed by atoms with Gasteiger partial charge in [0, 0.05) is 30.2 Å². The van der Waals surface area contributed by atoms with Crippen LogP contribution in [0.2, 0.25) is 0 Å². The number of aryl methyl sites for hydroxylation is 1. The zero-order chi connectivity index (χ0) is 11.4. The van der Waals surface area contributed by atoms with Crippen LogP contribution in [0.25, 0.3) is 11.3 Å². The maximum Gasteiger partial charge on any atom is 0.223 e. The fourth-order valence-electron chi connectivity index (χ4n) is 1.47. The summed E-state index contributed by atoms with van der Waals surface area (Å²) >= 11 is 0. The molecule has 2 rings (SSSR count). The van der Waals surface area contributed by atoms with Crippen LogP contribution in [0.3, 0.4) is 0 Å². The molecule has 0 atom stereocenters. The number of nitrogens with one attached hydrogen (secondary N) is 1. The predicted octanol–water partition coefficient (Wildman–Crippen LogP) is 2.28. The van der Waals surface area contributed by atoms with Crippen molar-refractivity contribution in [2.45, 2.75) is 13.8 Å². The molecule has 0 bridgehead atoms. The molecule has 2 aromatic heterocycles. The maximum absolute atomic E-state index is 4.42. The van der Waals surface area contributed by atoms with Crippen LogP contribution in [0, 0.1) is 6.92 Å². The third-order valence-corrected chi connectivity index (χ3v) is 2.18. The van der Waals surface area contributed by atoms with Gasteiger partial charge in [-0.2, -0.15) is 0 Å². The highest BCUT2D eigenvalue weighted by atomic mass is 15.1. The Morgan fingerprint density at radius 3 is 2.75 bits per heavy atom. The number of pyridine rings is 1. The van der Waals surface area contributed by atoms with Crippen LogP contribution in [-0.2, 0) is 0 Å². The molecule has 0 spiro atoms. The topological polar surface area (TPSA) is 50.7 Å². The Kier molecular flexibility index (Phi) is 3.10. The fraction of sp³-hybridized carbons (Fsp3) is 0.250. The van der Waals surface area contributed by atoms with Gasteiger partial charge >= 0.3 is 0 Å². The molecule has 0 aliphatic rings. The molecule has 0 aromatic carbocycles. The van der Waals surface area contributed by atoms with Gasteiger partial charge in [-0.15, -0.1) is 0 Å². The largest absolute Gasteiger partial charge is 0.354 e. The van der Waals surface area contributed by atoms with E-state index in [9.17, 15) is 0 Å². The van der Waals surface area contributed by atoms with E-state index in [1.165, 1.54) is 0 Å². The molecule has 0 amide bonds. The van der Waals surface area contributed by atoms with Crippen molar-refractivity contribution in [1.29, 1.82) is 0 Å². The molecule has 0 aliphatic carbocycles. The number of nitrogens with zero attached hydrogens (tertiary/aromatic N) is 3. The highest BCUT2D eigenvalue weighted by Gasteiger charge is 2.01. The van der Waals surface area contributed by atoms with Gasteiger partial charge in [0.25, 0.3) is 0 Å². The molecule has 0 radical (unpaired) electrons. The summed E-state index contributed by atoms with van der Waals surface area (Å²) in [6.07, 6.45) is 3.55. The Labute approximate surface area is 94.8 Å². The molecular formula is C12H14N4. The molecule has 2 heterocycles. The number of aromatic nitrogens is 3. The zero-order valence-corrected chi connectivity index (χ0v) is 9.44. The van der Waals surface area contributed by atoms with Crippen LogP contribution in [0.4, 0.5) is 5.95 Å². The summed E-state index contributed by atoms with van der Waals surface area (Å²) in [6.45, 7) is 4.81. The van der Waals surface area contributed by atoms with Crippen LogP contribution in [-0.4, -0.2) is 21.5 Å². The Bertz CT molecular complexity index is 482. The first kappa shape index (κ1) is 10.5. The van der Waals surface area contributed by atoms with Crippen molar-refractivity contribution in [1.82, 2.24) is 15.0 Å². The lowest BCUT2D eigenvalue weighted by Crippen LogP contribution is -2.02. The van der Waals surface area contributed by atoms with Gasteiger partial charge in [-0.3, -0.25) is 4.98 Å². The quantitative estimate of drug-likeness (QED) is 0.851. The summed E-state index contributed by atoms with van der Waals surface area (Å²) in [7, 11) is 0. The smallest absolute Gasteiger partial charge is 0.223 e. The zero-order valence-electron chi connectivity index (χ0n) is 9.44. The molecule has 2 aromatic rings. The van der Waals surface area contributed by atoms with E-state index in [4.69, 9.17) is 0 Å². The van der Waals surface area contributed by atoms with Crippen LogP contribution in [0.15, 0.2) is 30.6 Å². The third-order valence-electron chi connectivity index (χ3n) is 2.18. The maximum atomic E-state index is 4.42. The van der Waals surface area contributed by atoms with Crippen molar-refractivity contribution in [3.63, 3.8) is 0 Å². The van der Waals surface area contributed by atoms with Crippen molar-refractivity contribution in [2.24, 2.45) is 0 Å². The van der Waals surface area contributed by atoms with Crippen LogP contribution < -0.4 is 5.32 Å². The Morgan fingerprint density at radius 1 is 1.19 bits per heavy atom. The highest BCUT2D eigenvalue weighted by Crippen LogP contribution is 2.17. The summed E-state index contributed by atoms with van der Waals surface area (Å²) in [5.41, 5.74) is 2.96. The predicted molar refractivity (Wildman–Crippen MR) is 64.2 cm³/mol. The van der Waals surface area contributed by atoms with Crippen LogP contribution in [0.5, 0.6) is 0 Å². The van der Waals surface area contributed by atoms with Crippen LogP contribution in [0.1, 0.15) is 12.6 Å². The summed E-state index contributed by atoms with van der Waals surface area (Å²) < 4.78 is 0. The van der Waals surface area contributed by atoms with E-state index in [0.717, 1.165) is 23.5 Å². The van der Waals surface area contributed by atoms with Crippen LogP contribution >= 0.6 is 0 Å². The van der Waals surface area contributed by atoms with E-state index in [1.54, 1.807) is 12.4 Å². The molecule has 0 saturated carbocycles. The second kappa shape index (κ2) is 4.70. The minimum absolute atomic E-state index is 0.662. The van der Waals surface area contributed by atoms with Gasteiger partial charge in [0.2, 0.25) is 5.95 Å². The standard InChI is InChI=1S/C12H14N4/c1-3-13-12-15-7-5-11(16-12)10-4-6-14-9(2)8-10/h4-8H,3H2,1-2H3,(H,13,15,16). The van der Waals surface area contributed by atoms with Gasteiger partial charge in [-0.05, 0) is 32.0 Å². The van der Waals surface area contributed by atoms with E-state index in [0.29, 0.717) is 5.95 Å². The van der Waals surface area contributed by atoms with Gasteiger partial charge in [0.1, 0.15) is 0 Å². The van der Waals surface area contributed by atoms with Crippen molar-refractivity contribution in [3.8, 4) is 11.3 Å². The van der Waals surface area contributed by atoms with Gasteiger partial charge in [-0.1, -0.05) is 0 Å². The number of hydrogen-bond acceptors (Lipinski definition) is 4. The molecule has 0 fully saturated rings. The third kappa shape index (κ3) is 2.34. The summed E-state index contributed by atoms with van der Waals surface area (Å²) in [5.74, 6) is 0.662. The van der Waals surface area contributed by atoms with E-state index >= 15 is 0 Å². The molecule has 0 unspecified atom stereocenters. The van der Waals surface area contributed by atoms with Gasteiger partial charge in [0.15, 0.2) is 0 Å².